The fourth-order valence-corrected chi connectivity index (χ4v) is 2.62. The molecule has 1 atom stereocenters. The van der Waals surface area contributed by atoms with E-state index < -0.39 is 0 Å². The largest absolute Gasteiger partial charge is 0.372 e. The zero-order chi connectivity index (χ0) is 17.8. The molecule has 1 fully saturated rings. The maximum Gasteiger partial charge on any atom is 0.257 e. The fraction of sp³-hybridized carbons (Fsp3) is 0.438. The number of anilines is 2. The average Bonchev–Trinajstić information content (AvgIpc) is 2.67. The van der Waals surface area contributed by atoms with Crippen molar-refractivity contribution >= 4 is 17.7 Å². The van der Waals surface area contributed by atoms with Gasteiger partial charge in [0, 0.05) is 52.5 Å². The highest BCUT2D eigenvalue weighted by Crippen LogP contribution is 2.25. The summed E-state index contributed by atoms with van der Waals surface area (Å²) >= 11 is 0. The van der Waals surface area contributed by atoms with Crippen LogP contribution in [0.4, 0.5) is 11.8 Å². The van der Waals surface area contributed by atoms with Crippen molar-refractivity contribution < 1.29 is 9.53 Å². The van der Waals surface area contributed by atoms with E-state index in [1.165, 1.54) is 0 Å². The predicted octanol–water partition coefficient (Wildman–Crippen LogP) is 0.588. The van der Waals surface area contributed by atoms with Crippen molar-refractivity contribution in [3.8, 4) is 0 Å². The molecular weight excluding hydrogens is 322 g/mol. The molecule has 1 amide bonds. The molecular formula is C16H21N7O2. The lowest BCUT2D eigenvalue weighted by atomic mass is 10.1. The number of carbonyl (C=O) groups excluding carboxylic acids is 1. The Kier molecular flexibility index (Phi) is 5.03. The van der Waals surface area contributed by atoms with Crippen molar-refractivity contribution in [2.45, 2.75) is 6.10 Å². The van der Waals surface area contributed by atoms with Gasteiger partial charge in [0.15, 0.2) is 0 Å². The van der Waals surface area contributed by atoms with Crippen molar-refractivity contribution in [1.29, 1.82) is 0 Å². The van der Waals surface area contributed by atoms with Gasteiger partial charge >= 0.3 is 0 Å². The molecule has 0 aromatic carbocycles. The zero-order valence-electron chi connectivity index (χ0n) is 14.5. The molecule has 0 saturated carbocycles. The SMILES string of the molecule is CNc1nccnc1[C@@H]1CN(C(=O)c2cnc(N(C)C)nc2)CCO1. The van der Waals surface area contributed by atoms with Gasteiger partial charge < -0.3 is 19.9 Å². The van der Waals surface area contributed by atoms with E-state index in [1.807, 2.05) is 14.1 Å². The maximum absolute atomic E-state index is 12.7. The van der Waals surface area contributed by atoms with Gasteiger partial charge in [-0.2, -0.15) is 0 Å². The highest BCUT2D eigenvalue weighted by atomic mass is 16.5. The average molecular weight is 343 g/mol. The molecule has 1 aliphatic rings. The molecule has 0 spiro atoms. The van der Waals surface area contributed by atoms with Crippen LogP contribution in [0.3, 0.4) is 0 Å². The molecule has 1 aliphatic heterocycles. The molecule has 0 unspecified atom stereocenters. The molecule has 1 N–H and O–H groups in total. The summed E-state index contributed by atoms with van der Waals surface area (Å²) in [4.78, 5) is 33.3. The van der Waals surface area contributed by atoms with Crippen LogP contribution in [0.5, 0.6) is 0 Å². The molecule has 3 heterocycles. The molecule has 9 heteroatoms. The number of hydrogen-bond donors (Lipinski definition) is 1. The first-order chi connectivity index (χ1) is 12.1. The van der Waals surface area contributed by atoms with Crippen LogP contribution in [-0.4, -0.2) is 71.6 Å². The van der Waals surface area contributed by atoms with E-state index in [9.17, 15) is 4.79 Å². The second-order valence-corrected chi connectivity index (χ2v) is 5.82. The smallest absolute Gasteiger partial charge is 0.257 e. The Labute approximate surface area is 146 Å². The molecule has 3 rings (SSSR count). The quantitative estimate of drug-likeness (QED) is 0.861. The van der Waals surface area contributed by atoms with E-state index in [0.717, 1.165) is 0 Å². The third-order valence-electron chi connectivity index (χ3n) is 3.91. The fourth-order valence-electron chi connectivity index (χ4n) is 2.62. The molecule has 132 valence electrons. The Bertz CT molecular complexity index is 736. The monoisotopic (exact) mass is 343 g/mol. The molecule has 25 heavy (non-hydrogen) atoms. The van der Waals surface area contributed by atoms with Crippen LogP contribution in [0.2, 0.25) is 0 Å². The summed E-state index contributed by atoms with van der Waals surface area (Å²) in [5.74, 6) is 1.10. The molecule has 0 aliphatic carbocycles. The summed E-state index contributed by atoms with van der Waals surface area (Å²) in [5, 5.41) is 3.00. The van der Waals surface area contributed by atoms with Gasteiger partial charge in [0.2, 0.25) is 5.95 Å². The normalized spacial score (nSPS) is 17.2. The van der Waals surface area contributed by atoms with Crippen molar-refractivity contribution in [1.82, 2.24) is 24.8 Å². The van der Waals surface area contributed by atoms with Gasteiger partial charge in [-0.1, -0.05) is 0 Å². The number of hydrogen-bond acceptors (Lipinski definition) is 8. The van der Waals surface area contributed by atoms with Crippen LogP contribution in [-0.2, 0) is 4.74 Å². The van der Waals surface area contributed by atoms with E-state index in [-0.39, 0.29) is 12.0 Å². The maximum atomic E-state index is 12.7. The Morgan fingerprint density at radius 3 is 2.64 bits per heavy atom. The number of amides is 1. The van der Waals surface area contributed by atoms with E-state index >= 15 is 0 Å². The molecule has 0 radical (unpaired) electrons. The molecule has 2 aromatic heterocycles. The molecule has 0 bridgehead atoms. The number of nitrogens with one attached hydrogen (secondary N) is 1. The highest BCUT2D eigenvalue weighted by Gasteiger charge is 2.29. The lowest BCUT2D eigenvalue weighted by molar-refractivity contribution is -0.0245. The lowest BCUT2D eigenvalue weighted by Gasteiger charge is -2.33. The Morgan fingerprint density at radius 1 is 1.24 bits per heavy atom. The van der Waals surface area contributed by atoms with E-state index in [1.54, 1.807) is 41.6 Å². The number of rotatable bonds is 4. The number of aromatic nitrogens is 4. The first-order valence-corrected chi connectivity index (χ1v) is 7.99. The van der Waals surface area contributed by atoms with Gasteiger partial charge in [0.25, 0.3) is 5.91 Å². The van der Waals surface area contributed by atoms with Crippen LogP contribution < -0.4 is 10.2 Å². The third kappa shape index (κ3) is 3.66. The Balaban J connectivity index is 1.75. The molecule has 2 aromatic rings. The van der Waals surface area contributed by atoms with Crippen molar-refractivity contribution in [2.24, 2.45) is 0 Å². The Hall–Kier alpha value is -2.81. The highest BCUT2D eigenvalue weighted by molar-refractivity contribution is 5.93. The summed E-state index contributed by atoms with van der Waals surface area (Å²) in [5.41, 5.74) is 1.15. The summed E-state index contributed by atoms with van der Waals surface area (Å²) in [6, 6.07) is 0. The topological polar surface area (TPSA) is 96.4 Å². The number of ether oxygens (including phenoxy) is 1. The zero-order valence-corrected chi connectivity index (χ0v) is 14.5. The first-order valence-electron chi connectivity index (χ1n) is 7.99. The Morgan fingerprint density at radius 2 is 1.96 bits per heavy atom. The second kappa shape index (κ2) is 7.39. The standard InChI is InChI=1S/C16H21N7O2/c1-17-14-13(18-4-5-19-14)12-10-23(6-7-25-12)15(24)11-8-20-16(21-9-11)22(2)3/h4-5,8-9,12H,6-7,10H2,1-3H3,(H,17,19)/t12-/m0/s1. The number of carbonyl (C=O) groups is 1. The van der Waals surface area contributed by atoms with Crippen LogP contribution in [0.25, 0.3) is 0 Å². The van der Waals surface area contributed by atoms with Crippen LogP contribution in [0.1, 0.15) is 22.2 Å². The van der Waals surface area contributed by atoms with Gasteiger partial charge in [-0.15, -0.1) is 0 Å². The van der Waals surface area contributed by atoms with Gasteiger partial charge in [-0.05, 0) is 0 Å². The van der Waals surface area contributed by atoms with Crippen LogP contribution in [0, 0.1) is 0 Å². The summed E-state index contributed by atoms with van der Waals surface area (Å²) in [6.07, 6.45) is 6.02. The first kappa shape index (κ1) is 17.0. The van der Waals surface area contributed by atoms with E-state index in [0.29, 0.717) is 42.7 Å². The second-order valence-electron chi connectivity index (χ2n) is 5.82. The minimum Gasteiger partial charge on any atom is -0.372 e. The summed E-state index contributed by atoms with van der Waals surface area (Å²) in [6.45, 7) is 1.36. The van der Waals surface area contributed by atoms with Crippen molar-refractivity contribution in [3.63, 3.8) is 0 Å². The van der Waals surface area contributed by atoms with Crippen LogP contribution in [0.15, 0.2) is 24.8 Å². The predicted molar refractivity (Wildman–Crippen MR) is 92.5 cm³/mol. The third-order valence-corrected chi connectivity index (χ3v) is 3.91. The molecule has 1 saturated heterocycles. The number of nitrogens with zero attached hydrogens (tertiary/aromatic N) is 6. The van der Waals surface area contributed by atoms with E-state index in [4.69, 9.17) is 4.74 Å². The minimum atomic E-state index is -0.323. The van der Waals surface area contributed by atoms with Crippen molar-refractivity contribution in [3.05, 3.63) is 36.0 Å². The van der Waals surface area contributed by atoms with Crippen molar-refractivity contribution in [2.75, 3.05) is 51.1 Å². The summed E-state index contributed by atoms with van der Waals surface area (Å²) < 4.78 is 5.80. The minimum absolute atomic E-state index is 0.117. The van der Waals surface area contributed by atoms with Gasteiger partial charge in [0.05, 0.1) is 18.7 Å². The van der Waals surface area contributed by atoms with Gasteiger partial charge in [-0.3, -0.25) is 9.78 Å². The van der Waals surface area contributed by atoms with Gasteiger partial charge in [0.1, 0.15) is 17.6 Å². The molecule has 9 nitrogen and oxygen atoms in total. The number of morpholine rings is 1. The van der Waals surface area contributed by atoms with Gasteiger partial charge in [-0.25, -0.2) is 15.0 Å². The van der Waals surface area contributed by atoms with E-state index in [2.05, 4.69) is 25.3 Å². The van der Waals surface area contributed by atoms with Crippen LogP contribution >= 0.6 is 0 Å². The summed E-state index contributed by atoms with van der Waals surface area (Å²) in [7, 11) is 5.48. The lowest BCUT2D eigenvalue weighted by Crippen LogP contribution is -2.42.